The lowest BCUT2D eigenvalue weighted by molar-refractivity contribution is -0.130. The lowest BCUT2D eigenvalue weighted by Crippen LogP contribution is -2.61. The van der Waals surface area contributed by atoms with E-state index in [9.17, 15) is 9.59 Å². The van der Waals surface area contributed by atoms with Gasteiger partial charge in [-0.1, -0.05) is 17.7 Å². The quantitative estimate of drug-likeness (QED) is 0.659. The Balaban J connectivity index is 1.48. The Bertz CT molecular complexity index is 1140. The molecule has 2 saturated heterocycles. The van der Waals surface area contributed by atoms with Crippen LogP contribution in [0.1, 0.15) is 41.6 Å². The van der Waals surface area contributed by atoms with Gasteiger partial charge in [0.15, 0.2) is 5.65 Å². The van der Waals surface area contributed by atoms with Crippen molar-refractivity contribution in [3.05, 3.63) is 54.0 Å². The number of anilines is 1. The number of pyridine rings is 1. The standard InChI is InChI=1S/C23H25N5O2/c1-16-5-7-18(8-6-16)27-11-3-9-23(22(27)30)10-4-12-28(23)21(29)17-13-19-20(24-14-17)26(2)15-25-19/h5-8,13-15H,3-4,9-12H2,1-2H3. The summed E-state index contributed by atoms with van der Waals surface area (Å²) in [5.74, 6) is -0.0954. The number of benzene rings is 1. The topological polar surface area (TPSA) is 71.3 Å². The molecule has 2 amide bonds. The smallest absolute Gasteiger partial charge is 0.256 e. The molecule has 3 aromatic rings. The van der Waals surface area contributed by atoms with Gasteiger partial charge in [0.1, 0.15) is 11.1 Å². The fourth-order valence-electron chi connectivity index (χ4n) is 4.91. The van der Waals surface area contributed by atoms with Gasteiger partial charge in [-0.3, -0.25) is 9.59 Å². The third kappa shape index (κ3) is 2.80. The number of piperidine rings is 1. The van der Waals surface area contributed by atoms with Gasteiger partial charge in [0, 0.05) is 32.0 Å². The van der Waals surface area contributed by atoms with Gasteiger partial charge in [-0.15, -0.1) is 0 Å². The van der Waals surface area contributed by atoms with E-state index in [1.807, 2.05) is 47.7 Å². The first-order valence-corrected chi connectivity index (χ1v) is 10.5. The number of hydrogen-bond donors (Lipinski definition) is 0. The monoisotopic (exact) mass is 403 g/mol. The number of rotatable bonds is 2. The largest absolute Gasteiger partial charge is 0.324 e. The number of aryl methyl sites for hydroxylation is 2. The summed E-state index contributed by atoms with van der Waals surface area (Å²) in [6.45, 7) is 3.31. The maximum Gasteiger partial charge on any atom is 0.256 e. The highest BCUT2D eigenvalue weighted by molar-refractivity contribution is 6.06. The normalized spacial score (nSPS) is 21.7. The van der Waals surface area contributed by atoms with Crippen LogP contribution in [0.5, 0.6) is 0 Å². The maximum absolute atomic E-state index is 13.7. The van der Waals surface area contributed by atoms with Crippen LogP contribution < -0.4 is 4.90 Å². The van der Waals surface area contributed by atoms with Crippen LogP contribution in [0.4, 0.5) is 5.69 Å². The van der Waals surface area contributed by atoms with Crippen LogP contribution in [0.25, 0.3) is 11.2 Å². The molecule has 2 fully saturated rings. The summed E-state index contributed by atoms with van der Waals surface area (Å²) in [4.78, 5) is 39.6. The fraction of sp³-hybridized carbons (Fsp3) is 0.391. The number of amides is 2. The minimum atomic E-state index is -0.765. The molecule has 1 atom stereocenters. The predicted molar refractivity (Wildman–Crippen MR) is 114 cm³/mol. The van der Waals surface area contributed by atoms with E-state index < -0.39 is 5.54 Å². The first kappa shape index (κ1) is 18.8. The van der Waals surface area contributed by atoms with E-state index in [2.05, 4.69) is 9.97 Å². The van der Waals surface area contributed by atoms with Crippen LogP contribution in [-0.4, -0.2) is 49.9 Å². The molecule has 0 saturated carbocycles. The molecule has 2 aromatic heterocycles. The highest BCUT2D eigenvalue weighted by Gasteiger charge is 2.53. The summed E-state index contributed by atoms with van der Waals surface area (Å²) >= 11 is 0. The van der Waals surface area contributed by atoms with Crippen molar-refractivity contribution in [2.45, 2.75) is 38.1 Å². The van der Waals surface area contributed by atoms with Crippen molar-refractivity contribution >= 4 is 28.7 Å². The minimum absolute atomic E-state index is 0.0373. The number of aromatic nitrogens is 3. The van der Waals surface area contributed by atoms with Crippen molar-refractivity contribution in [3.63, 3.8) is 0 Å². The van der Waals surface area contributed by atoms with Gasteiger partial charge in [0.25, 0.3) is 11.8 Å². The molecule has 0 radical (unpaired) electrons. The Hall–Kier alpha value is -3.22. The zero-order valence-electron chi connectivity index (χ0n) is 17.3. The van der Waals surface area contributed by atoms with E-state index in [1.165, 1.54) is 0 Å². The van der Waals surface area contributed by atoms with Crippen LogP contribution in [0.3, 0.4) is 0 Å². The molecule has 154 valence electrons. The average molecular weight is 403 g/mol. The molecule has 0 bridgehead atoms. The van der Waals surface area contributed by atoms with E-state index >= 15 is 0 Å². The predicted octanol–water partition coefficient (Wildman–Crippen LogP) is 3.08. The van der Waals surface area contributed by atoms with Crippen molar-refractivity contribution in [1.29, 1.82) is 0 Å². The van der Waals surface area contributed by atoms with Crippen LogP contribution in [0.15, 0.2) is 42.9 Å². The van der Waals surface area contributed by atoms with E-state index in [1.54, 1.807) is 23.5 Å². The van der Waals surface area contributed by atoms with Crippen LogP contribution in [-0.2, 0) is 11.8 Å². The molecule has 0 N–H and O–H groups in total. The summed E-state index contributed by atoms with van der Waals surface area (Å²) in [6.07, 6.45) is 6.41. The van der Waals surface area contributed by atoms with E-state index in [4.69, 9.17) is 0 Å². The summed E-state index contributed by atoms with van der Waals surface area (Å²) in [5, 5.41) is 0. The number of likely N-dealkylation sites (tertiary alicyclic amines) is 1. The van der Waals surface area contributed by atoms with Crippen LogP contribution in [0, 0.1) is 6.92 Å². The Morgan fingerprint density at radius 1 is 1.07 bits per heavy atom. The van der Waals surface area contributed by atoms with Gasteiger partial charge in [0.05, 0.1) is 11.9 Å². The summed E-state index contributed by atoms with van der Waals surface area (Å²) < 4.78 is 1.82. The second-order valence-corrected chi connectivity index (χ2v) is 8.41. The Kier molecular flexibility index (Phi) is 4.34. The maximum atomic E-state index is 13.7. The molecule has 2 aliphatic rings. The van der Waals surface area contributed by atoms with E-state index in [0.29, 0.717) is 37.0 Å². The molecular formula is C23H25N5O2. The van der Waals surface area contributed by atoms with Crippen molar-refractivity contribution in [2.75, 3.05) is 18.0 Å². The Morgan fingerprint density at radius 2 is 1.80 bits per heavy atom. The molecular weight excluding hydrogens is 378 g/mol. The number of imidazole rings is 1. The molecule has 7 nitrogen and oxygen atoms in total. The van der Waals surface area contributed by atoms with Crippen molar-refractivity contribution in [3.8, 4) is 0 Å². The van der Waals surface area contributed by atoms with Gasteiger partial charge in [-0.2, -0.15) is 0 Å². The summed E-state index contributed by atoms with van der Waals surface area (Å²) in [7, 11) is 1.87. The molecule has 4 heterocycles. The third-order valence-electron chi connectivity index (χ3n) is 6.49. The molecule has 1 aromatic carbocycles. The average Bonchev–Trinajstić information content (AvgIpc) is 3.34. The Morgan fingerprint density at radius 3 is 2.57 bits per heavy atom. The second kappa shape index (κ2) is 6.93. The number of carbonyl (C=O) groups is 2. The lowest BCUT2D eigenvalue weighted by atomic mass is 9.84. The van der Waals surface area contributed by atoms with Gasteiger partial charge >= 0.3 is 0 Å². The highest BCUT2D eigenvalue weighted by atomic mass is 16.2. The summed E-state index contributed by atoms with van der Waals surface area (Å²) in [5.41, 5.74) is 3.21. The van der Waals surface area contributed by atoms with Crippen LogP contribution >= 0.6 is 0 Å². The SMILES string of the molecule is Cc1ccc(N2CCCC3(CCCN3C(=O)c3cnc4c(c3)ncn4C)C2=O)cc1. The number of fused-ring (bicyclic) bond motifs is 1. The van der Waals surface area contributed by atoms with E-state index in [0.717, 1.165) is 29.7 Å². The van der Waals surface area contributed by atoms with Crippen molar-refractivity contribution in [2.24, 2.45) is 7.05 Å². The van der Waals surface area contributed by atoms with Crippen molar-refractivity contribution in [1.82, 2.24) is 19.4 Å². The first-order valence-electron chi connectivity index (χ1n) is 10.5. The molecule has 30 heavy (non-hydrogen) atoms. The van der Waals surface area contributed by atoms with Gasteiger partial charge in [-0.05, 0) is 50.8 Å². The molecule has 2 aliphatic heterocycles. The highest BCUT2D eigenvalue weighted by Crippen LogP contribution is 2.40. The first-order chi connectivity index (χ1) is 14.5. The van der Waals surface area contributed by atoms with E-state index in [-0.39, 0.29) is 11.8 Å². The zero-order chi connectivity index (χ0) is 20.9. The fourth-order valence-corrected chi connectivity index (χ4v) is 4.91. The third-order valence-corrected chi connectivity index (χ3v) is 6.49. The summed E-state index contributed by atoms with van der Waals surface area (Å²) in [6, 6.07) is 9.81. The zero-order valence-corrected chi connectivity index (χ0v) is 17.3. The molecule has 5 rings (SSSR count). The molecule has 1 unspecified atom stereocenters. The van der Waals surface area contributed by atoms with Gasteiger partial charge in [0.2, 0.25) is 0 Å². The Labute approximate surface area is 175 Å². The number of hydrogen-bond acceptors (Lipinski definition) is 4. The molecule has 1 spiro atoms. The second-order valence-electron chi connectivity index (χ2n) is 8.41. The minimum Gasteiger partial charge on any atom is -0.324 e. The van der Waals surface area contributed by atoms with Crippen LogP contribution in [0.2, 0.25) is 0 Å². The number of nitrogens with zero attached hydrogens (tertiary/aromatic N) is 5. The lowest BCUT2D eigenvalue weighted by Gasteiger charge is -2.44. The molecule has 0 aliphatic carbocycles. The van der Waals surface area contributed by atoms with Crippen molar-refractivity contribution < 1.29 is 9.59 Å². The number of carbonyl (C=O) groups excluding carboxylic acids is 2. The molecule has 7 heteroatoms. The van der Waals surface area contributed by atoms with Gasteiger partial charge in [-0.25, -0.2) is 9.97 Å². The van der Waals surface area contributed by atoms with Gasteiger partial charge < -0.3 is 14.4 Å².